The van der Waals surface area contributed by atoms with Gasteiger partial charge in [-0.15, -0.1) is 11.3 Å². The molecule has 1 heterocycles. The zero-order chi connectivity index (χ0) is 18.1. The molecule has 0 fully saturated rings. The summed E-state index contributed by atoms with van der Waals surface area (Å²) in [4.78, 5) is 16.2. The molecule has 132 valence electrons. The summed E-state index contributed by atoms with van der Waals surface area (Å²) in [6.45, 7) is 7.71. The minimum atomic E-state index is -0.404. The van der Waals surface area contributed by atoms with E-state index in [-0.39, 0.29) is 5.69 Å². The van der Waals surface area contributed by atoms with Gasteiger partial charge in [0.25, 0.3) is 5.69 Å². The monoisotopic (exact) mass is 358 g/mol. The van der Waals surface area contributed by atoms with Crippen molar-refractivity contribution in [3.8, 4) is 0 Å². The first-order valence-corrected chi connectivity index (χ1v) is 8.85. The van der Waals surface area contributed by atoms with Crippen LogP contribution in [-0.2, 0) is 13.0 Å². The third kappa shape index (κ3) is 6.76. The minimum absolute atomic E-state index is 0.0856. The molecule has 0 unspecified atom stereocenters. The van der Waals surface area contributed by atoms with Gasteiger partial charge in [0, 0.05) is 30.1 Å². The van der Waals surface area contributed by atoms with E-state index in [1.165, 1.54) is 17.0 Å². The second kappa shape index (κ2) is 9.58. The maximum absolute atomic E-state index is 10.7. The number of hydrogen-bond acceptors (Lipinski definition) is 4. The number of hydrogen-bond donors (Lipinski definition) is 2. The predicted octanol–water partition coefficient (Wildman–Crippen LogP) is 3.51. The van der Waals surface area contributed by atoms with Gasteiger partial charge in [0.2, 0.25) is 0 Å². The van der Waals surface area contributed by atoms with Crippen molar-refractivity contribution in [3.63, 3.8) is 0 Å². The number of nitro benzene ring substituents is 1. The molecule has 25 heavy (non-hydrogen) atoms. The normalized spacial score (nSPS) is 11.2. The van der Waals surface area contributed by atoms with Crippen LogP contribution in [-0.4, -0.2) is 24.0 Å². The first-order valence-electron chi connectivity index (χ1n) is 7.97. The van der Waals surface area contributed by atoms with Crippen molar-refractivity contribution in [2.45, 2.75) is 19.9 Å². The number of nitro groups is 1. The number of non-ortho nitro benzene ring substituents is 1. The molecule has 1 aromatic carbocycles. The van der Waals surface area contributed by atoms with E-state index in [0.29, 0.717) is 19.0 Å². The molecule has 0 aliphatic heterocycles. The molecule has 0 spiro atoms. The second-order valence-corrected chi connectivity index (χ2v) is 6.69. The molecule has 6 nitrogen and oxygen atoms in total. The van der Waals surface area contributed by atoms with Gasteiger partial charge in [0.1, 0.15) is 0 Å². The summed E-state index contributed by atoms with van der Waals surface area (Å²) in [5.41, 5.74) is 2.02. The highest BCUT2D eigenvalue weighted by Crippen LogP contribution is 2.12. The fourth-order valence-corrected chi connectivity index (χ4v) is 2.77. The Kier molecular flexibility index (Phi) is 7.16. The molecule has 0 aliphatic carbocycles. The Morgan fingerprint density at radius 2 is 2.04 bits per heavy atom. The Morgan fingerprint density at radius 3 is 2.64 bits per heavy atom. The molecule has 1 aromatic heterocycles. The summed E-state index contributed by atoms with van der Waals surface area (Å²) < 4.78 is 0. The van der Waals surface area contributed by atoms with Crippen LogP contribution in [0.2, 0.25) is 0 Å². The van der Waals surface area contributed by atoms with Gasteiger partial charge in [-0.2, -0.15) is 0 Å². The van der Waals surface area contributed by atoms with Crippen LogP contribution in [0.15, 0.2) is 58.9 Å². The van der Waals surface area contributed by atoms with Crippen molar-refractivity contribution in [2.24, 2.45) is 4.99 Å². The van der Waals surface area contributed by atoms with E-state index in [2.05, 4.69) is 33.7 Å². The number of nitrogens with zero attached hydrogens (tertiary/aromatic N) is 2. The molecule has 0 radical (unpaired) electrons. The predicted molar refractivity (Wildman–Crippen MR) is 103 cm³/mol. The van der Waals surface area contributed by atoms with Crippen molar-refractivity contribution in [1.82, 2.24) is 10.6 Å². The third-order valence-electron chi connectivity index (χ3n) is 3.37. The summed E-state index contributed by atoms with van der Waals surface area (Å²) in [5.74, 6) is 0.706. The van der Waals surface area contributed by atoms with Crippen molar-refractivity contribution in [2.75, 3.05) is 13.1 Å². The fraction of sp³-hybridized carbons (Fsp3) is 0.278. The molecule has 0 saturated heterocycles. The summed E-state index contributed by atoms with van der Waals surface area (Å²) in [6.07, 6.45) is 0.934. The lowest BCUT2D eigenvalue weighted by Crippen LogP contribution is -2.39. The highest BCUT2D eigenvalue weighted by atomic mass is 32.1. The van der Waals surface area contributed by atoms with E-state index in [4.69, 9.17) is 0 Å². The van der Waals surface area contributed by atoms with E-state index >= 15 is 0 Å². The highest BCUT2D eigenvalue weighted by Gasteiger charge is 2.04. The second-order valence-electron chi connectivity index (χ2n) is 5.66. The summed E-state index contributed by atoms with van der Waals surface area (Å²) >= 11 is 1.74. The quantitative estimate of drug-likeness (QED) is 0.249. The molecular formula is C18H22N4O2S. The summed E-state index contributed by atoms with van der Waals surface area (Å²) in [7, 11) is 0. The van der Waals surface area contributed by atoms with Gasteiger partial charge >= 0.3 is 0 Å². The molecule has 0 bridgehead atoms. The smallest absolute Gasteiger partial charge is 0.269 e. The standard InChI is InChI=1S/C18H22N4O2S/c1-14(2)12-20-18(19-10-9-17-4-3-11-25-17)21-13-15-5-7-16(8-6-15)22(23)24/h3-8,11H,1,9-10,12-13H2,2H3,(H2,19,20,21). The van der Waals surface area contributed by atoms with Gasteiger partial charge in [0.05, 0.1) is 11.5 Å². The van der Waals surface area contributed by atoms with Crippen molar-refractivity contribution in [3.05, 3.63) is 74.5 Å². The molecule has 2 aromatic rings. The highest BCUT2D eigenvalue weighted by molar-refractivity contribution is 7.09. The lowest BCUT2D eigenvalue weighted by Gasteiger charge is -2.12. The van der Waals surface area contributed by atoms with Crippen LogP contribution >= 0.6 is 11.3 Å². The molecule has 2 rings (SSSR count). The zero-order valence-corrected chi connectivity index (χ0v) is 15.0. The van der Waals surface area contributed by atoms with Crippen molar-refractivity contribution >= 4 is 23.0 Å². The number of rotatable bonds is 8. The van der Waals surface area contributed by atoms with Crippen molar-refractivity contribution < 1.29 is 4.92 Å². The molecule has 0 atom stereocenters. The van der Waals surface area contributed by atoms with Crippen LogP contribution in [0.25, 0.3) is 0 Å². The van der Waals surface area contributed by atoms with Gasteiger partial charge in [-0.3, -0.25) is 10.1 Å². The van der Waals surface area contributed by atoms with Crippen LogP contribution in [0.1, 0.15) is 17.4 Å². The Hall–Kier alpha value is -2.67. The number of benzene rings is 1. The molecule has 0 amide bonds. The van der Waals surface area contributed by atoms with Gasteiger partial charge in [-0.1, -0.05) is 30.4 Å². The van der Waals surface area contributed by atoms with Gasteiger partial charge in [-0.05, 0) is 30.4 Å². The Morgan fingerprint density at radius 1 is 1.28 bits per heavy atom. The van der Waals surface area contributed by atoms with Crippen LogP contribution in [0, 0.1) is 10.1 Å². The molecule has 0 aliphatic rings. The molecule has 7 heteroatoms. The first kappa shape index (κ1) is 18.7. The van der Waals surface area contributed by atoms with Crippen LogP contribution in [0.3, 0.4) is 0 Å². The molecule has 0 saturated carbocycles. The maximum Gasteiger partial charge on any atom is 0.269 e. The van der Waals surface area contributed by atoms with E-state index in [1.807, 2.05) is 13.0 Å². The Balaban J connectivity index is 1.93. The maximum atomic E-state index is 10.7. The van der Waals surface area contributed by atoms with E-state index in [0.717, 1.165) is 24.1 Å². The topological polar surface area (TPSA) is 79.6 Å². The van der Waals surface area contributed by atoms with Gasteiger partial charge < -0.3 is 10.6 Å². The largest absolute Gasteiger partial charge is 0.356 e. The van der Waals surface area contributed by atoms with Gasteiger partial charge in [0.15, 0.2) is 5.96 Å². The summed E-state index contributed by atoms with van der Waals surface area (Å²) in [5, 5.41) is 19.3. The third-order valence-corrected chi connectivity index (χ3v) is 4.30. The van der Waals surface area contributed by atoms with Gasteiger partial charge in [-0.25, -0.2) is 4.99 Å². The number of guanidine groups is 1. The fourth-order valence-electron chi connectivity index (χ4n) is 2.06. The van der Waals surface area contributed by atoms with E-state index in [9.17, 15) is 10.1 Å². The van der Waals surface area contributed by atoms with Crippen LogP contribution in [0.4, 0.5) is 5.69 Å². The Bertz CT molecular complexity index is 724. The number of nitrogens with one attached hydrogen (secondary N) is 2. The lowest BCUT2D eigenvalue weighted by molar-refractivity contribution is -0.384. The SMILES string of the molecule is C=C(C)CNC(=NCc1ccc([N+](=O)[O-])cc1)NCCc1cccs1. The van der Waals surface area contributed by atoms with E-state index < -0.39 is 4.92 Å². The minimum Gasteiger partial charge on any atom is -0.356 e. The lowest BCUT2D eigenvalue weighted by atomic mass is 10.2. The first-order chi connectivity index (χ1) is 12.0. The number of aliphatic imine (C=N–C) groups is 1. The molecule has 2 N–H and O–H groups in total. The summed E-state index contributed by atoms with van der Waals surface area (Å²) in [6, 6.07) is 10.6. The van der Waals surface area contributed by atoms with Crippen LogP contribution < -0.4 is 10.6 Å². The van der Waals surface area contributed by atoms with Crippen molar-refractivity contribution in [1.29, 1.82) is 0 Å². The zero-order valence-electron chi connectivity index (χ0n) is 14.2. The number of thiophene rings is 1. The van der Waals surface area contributed by atoms with Crippen LogP contribution in [0.5, 0.6) is 0 Å². The Labute approximate surface area is 151 Å². The molecular weight excluding hydrogens is 336 g/mol. The average Bonchev–Trinajstić information content (AvgIpc) is 3.10. The van der Waals surface area contributed by atoms with E-state index in [1.54, 1.807) is 23.5 Å². The average molecular weight is 358 g/mol.